The maximum Gasteiger partial charge on any atom is 3.00 e. The Balaban J connectivity index is 0. The van der Waals surface area contributed by atoms with Gasteiger partial charge in [0.15, 0.2) is 0 Å². The molecule has 0 unspecified atom stereocenters. The van der Waals surface area contributed by atoms with Crippen LogP contribution in [0, 0.1) is 7.43 Å². The van der Waals surface area contributed by atoms with E-state index in [4.69, 9.17) is 0 Å². The van der Waals surface area contributed by atoms with Crippen LogP contribution in [0.25, 0.3) is 0 Å². The van der Waals surface area contributed by atoms with Gasteiger partial charge >= 0.3 is 32.7 Å². The molecule has 0 amide bonds. The van der Waals surface area contributed by atoms with Gasteiger partial charge in [0.25, 0.3) is 0 Å². The molecule has 0 fully saturated rings. The predicted octanol–water partition coefficient (Wildman–Crippen LogP) is 2.08. The number of nitrogens with zero attached hydrogens (tertiary/aromatic N) is 1. The number of pyridine rings is 1. The molecule has 0 atom stereocenters. The number of rotatable bonds is 1. The van der Waals surface area contributed by atoms with Crippen LogP contribution in [0.4, 0.5) is 0 Å². The second-order valence-electron chi connectivity index (χ2n) is 1.25. The summed E-state index contributed by atoms with van der Waals surface area (Å²) < 4.78 is 0. The first kappa shape index (κ1) is 13.5. The first-order chi connectivity index (χ1) is 3.93. The van der Waals surface area contributed by atoms with Crippen molar-refractivity contribution in [3.8, 4) is 0 Å². The molecule has 1 heterocycles. The van der Waals surface area contributed by atoms with Gasteiger partial charge in [-0.25, -0.2) is 0 Å². The van der Waals surface area contributed by atoms with Crippen molar-refractivity contribution in [1.82, 2.24) is 4.98 Å². The van der Waals surface area contributed by atoms with Crippen molar-refractivity contribution < 1.29 is 32.7 Å². The normalized spacial score (nSPS) is 7.30. The Labute approximate surface area is 96.1 Å². The van der Waals surface area contributed by atoms with Crippen LogP contribution < -0.4 is 0 Å². The molecule has 1 aromatic heterocycles. The van der Waals surface area contributed by atoms with Crippen molar-refractivity contribution >= 4 is 22.5 Å². The molecule has 1 nitrogen and oxygen atoms in total. The molecule has 0 aliphatic heterocycles. The van der Waals surface area contributed by atoms with Crippen molar-refractivity contribution in [3.05, 3.63) is 31.8 Å². The Morgan fingerprint density at radius 3 is 2.40 bits per heavy atom. The molecule has 4 heteroatoms. The summed E-state index contributed by atoms with van der Waals surface area (Å²) in [6.45, 7) is 0. The Hall–Kier alpha value is 0.954. The smallest absolute Gasteiger partial charge is 0.712 e. The summed E-state index contributed by atoms with van der Waals surface area (Å²) in [6, 6.07) is 5.67. The molecular formula is C6H7NS2Y+. The van der Waals surface area contributed by atoms with E-state index in [1.807, 2.05) is 18.2 Å². The molecule has 1 rings (SSSR count). The van der Waals surface area contributed by atoms with E-state index in [1.165, 1.54) is 10.8 Å². The van der Waals surface area contributed by atoms with E-state index < -0.39 is 0 Å². The maximum atomic E-state index is 4.67. The van der Waals surface area contributed by atoms with Crippen LogP contribution >= 0.6 is 10.8 Å². The van der Waals surface area contributed by atoms with E-state index >= 15 is 0 Å². The van der Waals surface area contributed by atoms with Crippen molar-refractivity contribution in [2.75, 3.05) is 0 Å². The molecule has 0 saturated heterocycles. The molecule has 50 valence electrons. The minimum Gasteiger partial charge on any atom is -0.712 e. The van der Waals surface area contributed by atoms with Gasteiger partial charge in [-0.05, 0) is 12.1 Å². The molecule has 0 aliphatic rings. The Morgan fingerprint density at radius 1 is 1.40 bits per heavy atom. The van der Waals surface area contributed by atoms with E-state index in [2.05, 4.69) is 16.6 Å². The third kappa shape index (κ3) is 4.72. The summed E-state index contributed by atoms with van der Waals surface area (Å²) in [7, 11) is 1.24. The van der Waals surface area contributed by atoms with Crippen LogP contribution in [0.1, 0.15) is 0 Å². The number of hydrogen-bond donors (Lipinski definition) is 0. The first-order valence-electron chi connectivity index (χ1n) is 2.14. The number of aromatic nitrogens is 1. The van der Waals surface area contributed by atoms with Gasteiger partial charge in [-0.1, -0.05) is 6.07 Å². The quantitative estimate of drug-likeness (QED) is 0.428. The fourth-order valence-corrected chi connectivity index (χ4v) is 0.930. The van der Waals surface area contributed by atoms with Gasteiger partial charge in [-0.2, -0.15) is 0 Å². The fourth-order valence-electron chi connectivity index (χ4n) is 0.396. The van der Waals surface area contributed by atoms with Gasteiger partial charge in [0.2, 0.25) is 0 Å². The van der Waals surface area contributed by atoms with Gasteiger partial charge in [-0.15, -0.1) is 0 Å². The monoisotopic (exact) mass is 246 g/mol. The molecule has 0 bridgehead atoms. The third-order valence-electron chi connectivity index (χ3n) is 0.723. The average Bonchev–Trinajstić information content (AvgIpc) is 1.90. The first-order valence-corrected chi connectivity index (χ1v) is 3.88. The third-order valence-corrected chi connectivity index (χ3v) is 1.65. The van der Waals surface area contributed by atoms with Crippen LogP contribution in [-0.2, 0) is 44.4 Å². The molecule has 0 aliphatic carbocycles. The standard InChI is InChI=1S/C5H5NS2.CH3.Y/c7-8-5-3-1-2-4-6-5;;/h1-4,7H;1H3;/q;-1;+3/p-1. The molecule has 0 N–H and O–H groups in total. The Bertz CT molecular complexity index is 157. The zero-order chi connectivity index (χ0) is 5.82. The molecule has 1 aromatic rings. The zero-order valence-electron chi connectivity index (χ0n) is 5.65. The van der Waals surface area contributed by atoms with Gasteiger partial charge < -0.3 is 19.1 Å². The molecule has 0 saturated carbocycles. The van der Waals surface area contributed by atoms with Crippen LogP contribution in [0.15, 0.2) is 29.4 Å². The van der Waals surface area contributed by atoms with E-state index in [1.54, 1.807) is 6.20 Å². The summed E-state index contributed by atoms with van der Waals surface area (Å²) in [5.41, 5.74) is 0. The summed E-state index contributed by atoms with van der Waals surface area (Å²) in [5.74, 6) is 0. The fraction of sp³-hybridized carbons (Fsp3) is 0. The number of hydrogen-bond acceptors (Lipinski definition) is 3. The minimum atomic E-state index is 0. The zero-order valence-corrected chi connectivity index (χ0v) is 10.1. The van der Waals surface area contributed by atoms with Crippen LogP contribution in [-0.4, -0.2) is 4.98 Å². The minimum absolute atomic E-state index is 0. The van der Waals surface area contributed by atoms with Crippen LogP contribution in [0.3, 0.4) is 0 Å². The molecule has 0 radical (unpaired) electrons. The second kappa shape index (κ2) is 8.05. The van der Waals surface area contributed by atoms with E-state index in [-0.39, 0.29) is 40.1 Å². The summed E-state index contributed by atoms with van der Waals surface area (Å²) in [4.78, 5) is 3.96. The second-order valence-corrected chi connectivity index (χ2v) is 2.34. The van der Waals surface area contributed by atoms with Crippen LogP contribution in [0.2, 0.25) is 0 Å². The SMILES string of the molecule is [CH3-].[S-]Sc1ccccn1.[Y+3]. The molecular weight excluding hydrogens is 239 g/mol. The van der Waals surface area contributed by atoms with Crippen molar-refractivity contribution in [2.24, 2.45) is 0 Å². The predicted molar refractivity (Wildman–Crippen MR) is 43.9 cm³/mol. The van der Waals surface area contributed by atoms with E-state index in [9.17, 15) is 0 Å². The van der Waals surface area contributed by atoms with Crippen molar-refractivity contribution in [3.63, 3.8) is 0 Å². The van der Waals surface area contributed by atoms with Crippen molar-refractivity contribution in [1.29, 1.82) is 0 Å². The summed E-state index contributed by atoms with van der Waals surface area (Å²) in [5, 5.41) is 0.891. The Morgan fingerprint density at radius 2 is 2.10 bits per heavy atom. The van der Waals surface area contributed by atoms with Gasteiger partial charge in [0.1, 0.15) is 0 Å². The van der Waals surface area contributed by atoms with Gasteiger partial charge in [-0.3, -0.25) is 15.8 Å². The average molecular weight is 246 g/mol. The van der Waals surface area contributed by atoms with Crippen LogP contribution in [0.5, 0.6) is 0 Å². The largest absolute Gasteiger partial charge is 3.00 e. The molecule has 0 spiro atoms. The topological polar surface area (TPSA) is 12.9 Å². The van der Waals surface area contributed by atoms with Crippen molar-refractivity contribution in [2.45, 2.75) is 5.03 Å². The summed E-state index contributed by atoms with van der Waals surface area (Å²) >= 11 is 4.67. The van der Waals surface area contributed by atoms with E-state index in [0.29, 0.717) is 0 Å². The Kier molecular flexibility index (Phi) is 10.9. The molecule has 0 aromatic carbocycles. The van der Waals surface area contributed by atoms with E-state index in [0.717, 1.165) is 5.03 Å². The maximum absolute atomic E-state index is 4.67. The molecule has 10 heavy (non-hydrogen) atoms. The van der Waals surface area contributed by atoms with Gasteiger partial charge in [0.05, 0.1) is 5.03 Å². The van der Waals surface area contributed by atoms with Gasteiger partial charge in [0, 0.05) is 6.20 Å². The summed E-state index contributed by atoms with van der Waals surface area (Å²) in [6.07, 6.45) is 1.73.